The number of nitrogens with one attached hydrogen (secondary N) is 1. The van der Waals surface area contributed by atoms with Crippen molar-refractivity contribution in [2.75, 3.05) is 12.4 Å². The van der Waals surface area contributed by atoms with E-state index in [0.717, 1.165) is 11.1 Å². The van der Waals surface area contributed by atoms with Gasteiger partial charge in [0, 0.05) is 0 Å². The monoisotopic (exact) mass is 375 g/mol. The Morgan fingerprint density at radius 3 is 2.58 bits per heavy atom. The second kappa shape index (κ2) is 8.72. The Hall–Kier alpha value is -2.53. The van der Waals surface area contributed by atoms with Crippen LogP contribution in [0.5, 0.6) is 5.75 Å². The molecular weight excluding hydrogens is 354 g/mol. The fourth-order valence-electron chi connectivity index (χ4n) is 2.41. The molecule has 5 nitrogen and oxygen atoms in total. The minimum absolute atomic E-state index is 0.302. The second-order valence-corrected chi connectivity index (χ2v) is 6.30. The molecule has 2 aromatic rings. The number of anilines is 1. The Labute approximate surface area is 158 Å². The molecule has 1 N–H and O–H groups in total. The lowest BCUT2D eigenvalue weighted by molar-refractivity contribution is -0.122. The molecule has 0 spiro atoms. The van der Waals surface area contributed by atoms with Crippen molar-refractivity contribution in [1.82, 2.24) is 0 Å². The Balaban J connectivity index is 2.19. The van der Waals surface area contributed by atoms with Crippen LogP contribution in [-0.4, -0.2) is 25.1 Å². The first-order valence-electron chi connectivity index (χ1n) is 8.29. The molecule has 0 unspecified atom stereocenters. The van der Waals surface area contributed by atoms with Gasteiger partial charge in [-0.3, -0.25) is 4.79 Å². The Morgan fingerprint density at radius 2 is 1.92 bits per heavy atom. The van der Waals surface area contributed by atoms with E-state index in [0.29, 0.717) is 28.4 Å². The number of benzene rings is 2. The lowest BCUT2D eigenvalue weighted by Gasteiger charge is -2.20. The van der Waals surface area contributed by atoms with E-state index in [2.05, 4.69) is 10.1 Å². The number of amides is 1. The molecule has 0 fully saturated rings. The van der Waals surface area contributed by atoms with Crippen LogP contribution in [0, 0.1) is 13.8 Å². The molecule has 0 saturated heterocycles. The van der Waals surface area contributed by atoms with Gasteiger partial charge in [0.15, 0.2) is 6.10 Å². The number of hydrogen-bond donors (Lipinski definition) is 1. The van der Waals surface area contributed by atoms with Crippen molar-refractivity contribution >= 4 is 29.2 Å². The Kier molecular flexibility index (Phi) is 6.64. The van der Waals surface area contributed by atoms with Gasteiger partial charge >= 0.3 is 5.97 Å². The number of carbonyl (C=O) groups is 2. The summed E-state index contributed by atoms with van der Waals surface area (Å²) in [4.78, 5) is 24.3. The van der Waals surface area contributed by atoms with E-state index in [1.165, 1.54) is 25.3 Å². The molecule has 1 amide bonds. The van der Waals surface area contributed by atoms with Gasteiger partial charge in [0.05, 0.1) is 23.4 Å². The van der Waals surface area contributed by atoms with E-state index in [9.17, 15) is 9.59 Å². The van der Waals surface area contributed by atoms with Crippen molar-refractivity contribution in [3.8, 4) is 5.75 Å². The summed E-state index contributed by atoms with van der Waals surface area (Å²) in [5.41, 5.74) is 2.72. The van der Waals surface area contributed by atoms with Gasteiger partial charge in [-0.2, -0.15) is 0 Å². The fourth-order valence-corrected chi connectivity index (χ4v) is 2.57. The van der Waals surface area contributed by atoms with Crippen LogP contribution in [0.2, 0.25) is 5.02 Å². The number of esters is 1. The first-order chi connectivity index (χ1) is 12.4. The van der Waals surface area contributed by atoms with Crippen molar-refractivity contribution in [2.24, 2.45) is 0 Å². The predicted molar refractivity (Wildman–Crippen MR) is 102 cm³/mol. The minimum Gasteiger partial charge on any atom is -0.480 e. The summed E-state index contributed by atoms with van der Waals surface area (Å²) < 4.78 is 10.6. The molecule has 138 valence electrons. The zero-order chi connectivity index (χ0) is 19.3. The maximum Gasteiger partial charge on any atom is 0.337 e. The zero-order valence-electron chi connectivity index (χ0n) is 15.3. The number of carbonyl (C=O) groups excluding carboxylic acids is 2. The molecule has 0 aliphatic carbocycles. The Morgan fingerprint density at radius 1 is 1.19 bits per heavy atom. The van der Waals surface area contributed by atoms with Crippen molar-refractivity contribution in [1.29, 1.82) is 0 Å². The summed E-state index contributed by atoms with van der Waals surface area (Å²) in [7, 11) is 1.29. The van der Waals surface area contributed by atoms with Gasteiger partial charge in [0.1, 0.15) is 5.75 Å². The summed E-state index contributed by atoms with van der Waals surface area (Å²) in [6, 6.07) is 10.3. The van der Waals surface area contributed by atoms with E-state index in [1.807, 2.05) is 39.0 Å². The number of halogens is 1. The zero-order valence-corrected chi connectivity index (χ0v) is 16.0. The first kappa shape index (κ1) is 19.8. The van der Waals surface area contributed by atoms with E-state index in [1.54, 1.807) is 0 Å². The van der Waals surface area contributed by atoms with Crippen LogP contribution in [0.25, 0.3) is 0 Å². The standard InChI is InChI=1S/C20H22ClNO4/c1-5-17(26-18-8-6-7-12(2)13(18)3)19(23)22-16-11-14(20(24)25-4)9-10-15(16)21/h6-11,17H,5H2,1-4H3,(H,22,23)/t17-/m1/s1. The van der Waals surface area contributed by atoms with Crippen LogP contribution in [0.4, 0.5) is 5.69 Å². The molecular formula is C20H22ClNO4. The van der Waals surface area contributed by atoms with Gasteiger partial charge in [-0.05, 0) is 55.7 Å². The topological polar surface area (TPSA) is 64.6 Å². The van der Waals surface area contributed by atoms with E-state index in [4.69, 9.17) is 16.3 Å². The highest BCUT2D eigenvalue weighted by Gasteiger charge is 2.21. The van der Waals surface area contributed by atoms with Crippen molar-refractivity contribution < 1.29 is 19.1 Å². The smallest absolute Gasteiger partial charge is 0.337 e. The SMILES string of the molecule is CC[C@@H](Oc1cccc(C)c1C)C(=O)Nc1cc(C(=O)OC)ccc1Cl. The highest BCUT2D eigenvalue weighted by Crippen LogP contribution is 2.26. The van der Waals surface area contributed by atoms with Crippen LogP contribution in [0.3, 0.4) is 0 Å². The third-order valence-corrected chi connectivity index (χ3v) is 4.46. The normalized spacial score (nSPS) is 11.6. The molecule has 0 aromatic heterocycles. The maximum absolute atomic E-state index is 12.6. The minimum atomic E-state index is -0.687. The van der Waals surface area contributed by atoms with Crippen LogP contribution in [0.15, 0.2) is 36.4 Å². The van der Waals surface area contributed by atoms with Gasteiger partial charge in [0.25, 0.3) is 5.91 Å². The van der Waals surface area contributed by atoms with Gasteiger partial charge in [0.2, 0.25) is 0 Å². The predicted octanol–water partition coefficient (Wildman–Crippen LogP) is 4.54. The number of hydrogen-bond acceptors (Lipinski definition) is 4. The van der Waals surface area contributed by atoms with Gasteiger partial charge in [-0.15, -0.1) is 0 Å². The largest absolute Gasteiger partial charge is 0.480 e. The lowest BCUT2D eigenvalue weighted by Crippen LogP contribution is -2.32. The van der Waals surface area contributed by atoms with Crippen molar-refractivity contribution in [3.63, 3.8) is 0 Å². The molecule has 2 aromatic carbocycles. The lowest BCUT2D eigenvalue weighted by atomic mass is 10.1. The highest BCUT2D eigenvalue weighted by molar-refractivity contribution is 6.33. The molecule has 0 aliphatic rings. The van der Waals surface area contributed by atoms with Gasteiger partial charge in [-0.1, -0.05) is 30.7 Å². The van der Waals surface area contributed by atoms with E-state index in [-0.39, 0.29) is 5.91 Å². The highest BCUT2D eigenvalue weighted by atomic mass is 35.5. The van der Waals surface area contributed by atoms with E-state index < -0.39 is 12.1 Å². The number of aryl methyl sites for hydroxylation is 1. The molecule has 1 atom stereocenters. The number of rotatable bonds is 6. The summed E-state index contributed by atoms with van der Waals surface area (Å²) in [6.45, 7) is 5.80. The van der Waals surface area contributed by atoms with Crippen LogP contribution >= 0.6 is 11.6 Å². The summed E-state index contributed by atoms with van der Waals surface area (Å²) in [5.74, 6) is -0.172. The van der Waals surface area contributed by atoms with E-state index >= 15 is 0 Å². The molecule has 0 radical (unpaired) electrons. The summed E-state index contributed by atoms with van der Waals surface area (Å²) >= 11 is 6.13. The summed E-state index contributed by atoms with van der Waals surface area (Å²) in [5, 5.41) is 3.06. The first-order valence-corrected chi connectivity index (χ1v) is 8.66. The van der Waals surface area contributed by atoms with Crippen LogP contribution < -0.4 is 10.1 Å². The molecule has 0 saturated carbocycles. The average molecular weight is 376 g/mol. The van der Waals surface area contributed by atoms with Crippen LogP contribution in [0.1, 0.15) is 34.8 Å². The quantitative estimate of drug-likeness (QED) is 0.753. The third kappa shape index (κ3) is 4.55. The molecule has 6 heteroatoms. The average Bonchev–Trinajstić information content (AvgIpc) is 2.63. The number of ether oxygens (including phenoxy) is 2. The van der Waals surface area contributed by atoms with Crippen LogP contribution in [-0.2, 0) is 9.53 Å². The summed E-state index contributed by atoms with van der Waals surface area (Å²) in [6.07, 6.45) is -0.207. The number of methoxy groups -OCH3 is 1. The van der Waals surface area contributed by atoms with Gasteiger partial charge < -0.3 is 14.8 Å². The van der Waals surface area contributed by atoms with Crippen molar-refractivity contribution in [2.45, 2.75) is 33.3 Å². The fraction of sp³-hybridized carbons (Fsp3) is 0.300. The van der Waals surface area contributed by atoms with Crippen molar-refractivity contribution in [3.05, 3.63) is 58.1 Å². The second-order valence-electron chi connectivity index (χ2n) is 5.89. The third-order valence-electron chi connectivity index (χ3n) is 4.13. The van der Waals surface area contributed by atoms with Gasteiger partial charge in [-0.25, -0.2) is 4.79 Å². The molecule has 26 heavy (non-hydrogen) atoms. The maximum atomic E-state index is 12.6. The molecule has 0 bridgehead atoms. The molecule has 0 aliphatic heterocycles. The molecule has 0 heterocycles. The molecule has 2 rings (SSSR count). The Bertz CT molecular complexity index is 819.